The lowest BCUT2D eigenvalue weighted by Crippen LogP contribution is -2.15. The molecule has 0 aliphatic rings. The third-order valence-electron chi connectivity index (χ3n) is 4.11. The van der Waals surface area contributed by atoms with Gasteiger partial charge in [0.1, 0.15) is 18.2 Å². The summed E-state index contributed by atoms with van der Waals surface area (Å²) in [7, 11) is 1.82. The summed E-state index contributed by atoms with van der Waals surface area (Å²) in [6.07, 6.45) is 0. The number of aromatic nitrogens is 3. The first-order valence-corrected chi connectivity index (χ1v) is 9.68. The number of carbonyl (C=O) groups excluding carboxylic acids is 1. The third-order valence-corrected chi connectivity index (χ3v) is 5.13. The quantitative estimate of drug-likeness (QED) is 0.610. The van der Waals surface area contributed by atoms with Crippen molar-refractivity contribution in [1.82, 2.24) is 14.8 Å². The van der Waals surface area contributed by atoms with E-state index >= 15 is 0 Å². The van der Waals surface area contributed by atoms with Gasteiger partial charge < -0.3 is 14.6 Å². The molecule has 2 aromatic carbocycles. The summed E-state index contributed by atoms with van der Waals surface area (Å²) < 4.78 is 21.4. The average Bonchev–Trinajstić information content (AvgIpc) is 3.01. The van der Waals surface area contributed by atoms with E-state index in [1.165, 1.54) is 17.8 Å². The van der Waals surface area contributed by atoms with Gasteiger partial charge in [-0.05, 0) is 43.2 Å². The fourth-order valence-corrected chi connectivity index (χ4v) is 3.22. The Morgan fingerprint density at radius 3 is 2.75 bits per heavy atom. The number of hydrogen-bond acceptors (Lipinski definition) is 5. The molecule has 3 rings (SSSR count). The lowest BCUT2D eigenvalue weighted by molar-refractivity contribution is -0.113. The van der Waals surface area contributed by atoms with Gasteiger partial charge in [0.25, 0.3) is 0 Å². The molecule has 0 unspecified atom stereocenters. The van der Waals surface area contributed by atoms with Crippen LogP contribution in [0.4, 0.5) is 10.1 Å². The highest BCUT2D eigenvalue weighted by Gasteiger charge is 2.13. The summed E-state index contributed by atoms with van der Waals surface area (Å²) >= 11 is 1.23. The smallest absolute Gasteiger partial charge is 0.234 e. The molecule has 0 saturated heterocycles. The van der Waals surface area contributed by atoms with Gasteiger partial charge in [0.2, 0.25) is 5.91 Å². The molecular formula is C20H21FN4O2S. The highest BCUT2D eigenvalue weighted by molar-refractivity contribution is 7.99. The fourth-order valence-electron chi connectivity index (χ4n) is 2.50. The second-order valence-corrected chi connectivity index (χ2v) is 7.27. The van der Waals surface area contributed by atoms with Crippen LogP contribution in [0.1, 0.15) is 17.0 Å². The van der Waals surface area contributed by atoms with Crippen molar-refractivity contribution in [3.63, 3.8) is 0 Å². The van der Waals surface area contributed by atoms with Gasteiger partial charge in [-0.25, -0.2) is 4.39 Å². The molecule has 0 saturated carbocycles. The molecule has 1 aromatic heterocycles. The molecule has 0 spiro atoms. The normalized spacial score (nSPS) is 10.7. The van der Waals surface area contributed by atoms with Crippen LogP contribution in [-0.2, 0) is 18.4 Å². The van der Waals surface area contributed by atoms with Gasteiger partial charge in [-0.15, -0.1) is 10.2 Å². The number of nitrogens with zero attached hydrogens (tertiary/aromatic N) is 3. The molecule has 0 radical (unpaired) electrons. The van der Waals surface area contributed by atoms with E-state index in [1.54, 1.807) is 23.6 Å². The van der Waals surface area contributed by atoms with Crippen molar-refractivity contribution in [3.05, 3.63) is 65.2 Å². The first-order valence-electron chi connectivity index (χ1n) is 8.69. The molecule has 1 amide bonds. The largest absolute Gasteiger partial charge is 0.485 e. The molecule has 1 N–H and O–H groups in total. The zero-order valence-corrected chi connectivity index (χ0v) is 16.7. The second kappa shape index (κ2) is 8.88. The number of aryl methyl sites for hydroxylation is 2. The van der Waals surface area contributed by atoms with Gasteiger partial charge >= 0.3 is 0 Å². The second-order valence-electron chi connectivity index (χ2n) is 6.33. The van der Waals surface area contributed by atoms with Crippen LogP contribution in [0.3, 0.4) is 0 Å². The topological polar surface area (TPSA) is 69.0 Å². The highest BCUT2D eigenvalue weighted by atomic mass is 32.2. The fraction of sp³-hybridized carbons (Fsp3) is 0.250. The number of hydrogen-bond donors (Lipinski definition) is 1. The number of ether oxygens (including phenoxy) is 1. The molecule has 28 heavy (non-hydrogen) atoms. The highest BCUT2D eigenvalue weighted by Crippen LogP contribution is 2.20. The minimum atomic E-state index is -0.451. The summed E-state index contributed by atoms with van der Waals surface area (Å²) in [5, 5.41) is 11.4. The van der Waals surface area contributed by atoms with Gasteiger partial charge in [-0.3, -0.25) is 4.79 Å². The van der Waals surface area contributed by atoms with Crippen LogP contribution in [0, 0.1) is 19.7 Å². The van der Waals surface area contributed by atoms with Crippen LogP contribution in [0.15, 0.2) is 47.6 Å². The number of anilines is 1. The lowest BCUT2D eigenvalue weighted by atomic mass is 10.2. The van der Waals surface area contributed by atoms with Crippen molar-refractivity contribution in [3.8, 4) is 5.75 Å². The Balaban J connectivity index is 1.55. The summed E-state index contributed by atoms with van der Waals surface area (Å²) in [6, 6.07) is 12.4. The van der Waals surface area contributed by atoms with Crippen LogP contribution in [0.25, 0.3) is 0 Å². The maximum atomic E-state index is 13.8. The Kier molecular flexibility index (Phi) is 6.30. The Hall–Kier alpha value is -2.87. The number of para-hydroxylation sites is 1. The maximum Gasteiger partial charge on any atom is 0.234 e. The van der Waals surface area contributed by atoms with E-state index in [0.717, 1.165) is 16.9 Å². The molecule has 8 heteroatoms. The maximum absolute atomic E-state index is 13.8. The molecule has 0 atom stereocenters. The van der Waals surface area contributed by atoms with Crippen LogP contribution in [-0.4, -0.2) is 26.4 Å². The predicted octanol–water partition coefficient (Wildman–Crippen LogP) is 3.88. The Labute approximate surface area is 167 Å². The lowest BCUT2D eigenvalue weighted by Gasteiger charge is -2.09. The van der Waals surface area contributed by atoms with Gasteiger partial charge in [-0.2, -0.15) is 0 Å². The van der Waals surface area contributed by atoms with Crippen LogP contribution < -0.4 is 10.1 Å². The number of thioether (sulfide) groups is 1. The van der Waals surface area contributed by atoms with Crippen molar-refractivity contribution in [1.29, 1.82) is 0 Å². The van der Waals surface area contributed by atoms with E-state index in [1.807, 2.05) is 38.2 Å². The molecule has 0 aliphatic carbocycles. The van der Waals surface area contributed by atoms with Gasteiger partial charge in [-0.1, -0.05) is 36.0 Å². The summed E-state index contributed by atoms with van der Waals surface area (Å²) in [6.45, 7) is 4.04. The van der Waals surface area contributed by atoms with E-state index in [0.29, 0.717) is 11.0 Å². The van der Waals surface area contributed by atoms with Gasteiger partial charge in [0, 0.05) is 7.05 Å². The number of amides is 1. The summed E-state index contributed by atoms with van der Waals surface area (Å²) in [5.41, 5.74) is 2.00. The molecule has 0 aliphatic heterocycles. The van der Waals surface area contributed by atoms with E-state index in [4.69, 9.17) is 4.74 Å². The zero-order valence-electron chi connectivity index (χ0n) is 15.9. The molecule has 3 aromatic rings. The molecule has 146 valence electrons. The standard InChI is InChI=1S/C20H21FN4O2S/c1-13-8-9-16(15(21)10-13)22-19(26)12-28-20-24-23-18(25(20)3)11-27-17-7-5-4-6-14(17)2/h4-10H,11-12H2,1-3H3,(H,22,26). The van der Waals surface area contributed by atoms with Gasteiger partial charge in [0.15, 0.2) is 11.0 Å². The number of benzene rings is 2. The van der Waals surface area contributed by atoms with Gasteiger partial charge in [0.05, 0.1) is 11.4 Å². The first kappa shape index (κ1) is 19.9. The number of carbonyl (C=O) groups is 1. The number of halogens is 1. The minimum Gasteiger partial charge on any atom is -0.485 e. The molecular weight excluding hydrogens is 379 g/mol. The van der Waals surface area contributed by atoms with Crippen LogP contribution in [0.5, 0.6) is 5.75 Å². The minimum absolute atomic E-state index is 0.0952. The molecule has 1 heterocycles. The van der Waals surface area contributed by atoms with E-state index in [-0.39, 0.29) is 24.0 Å². The van der Waals surface area contributed by atoms with Crippen molar-refractivity contribution in [2.24, 2.45) is 7.05 Å². The first-order chi connectivity index (χ1) is 13.4. The van der Waals surface area contributed by atoms with E-state index in [9.17, 15) is 9.18 Å². The Morgan fingerprint density at radius 1 is 1.21 bits per heavy atom. The van der Waals surface area contributed by atoms with Crippen molar-refractivity contribution < 1.29 is 13.9 Å². The van der Waals surface area contributed by atoms with Crippen LogP contribution in [0.2, 0.25) is 0 Å². The number of nitrogens with one attached hydrogen (secondary N) is 1. The summed E-state index contributed by atoms with van der Waals surface area (Å²) in [4.78, 5) is 12.1. The number of rotatable bonds is 7. The average molecular weight is 400 g/mol. The summed E-state index contributed by atoms with van der Waals surface area (Å²) in [5.74, 6) is 0.772. The zero-order chi connectivity index (χ0) is 20.1. The SMILES string of the molecule is Cc1ccc(NC(=O)CSc2nnc(COc3ccccc3C)n2C)c(F)c1. The van der Waals surface area contributed by atoms with E-state index in [2.05, 4.69) is 15.5 Å². The van der Waals surface area contributed by atoms with Crippen molar-refractivity contribution in [2.75, 3.05) is 11.1 Å². The van der Waals surface area contributed by atoms with Crippen molar-refractivity contribution in [2.45, 2.75) is 25.6 Å². The molecule has 6 nitrogen and oxygen atoms in total. The Bertz CT molecular complexity index is 990. The van der Waals surface area contributed by atoms with Crippen LogP contribution >= 0.6 is 11.8 Å². The third kappa shape index (κ3) is 4.89. The van der Waals surface area contributed by atoms with Crippen molar-refractivity contribution >= 4 is 23.4 Å². The molecule has 0 bridgehead atoms. The monoisotopic (exact) mass is 400 g/mol. The molecule has 0 fully saturated rings. The van der Waals surface area contributed by atoms with E-state index < -0.39 is 5.82 Å². The Morgan fingerprint density at radius 2 is 2.00 bits per heavy atom. The predicted molar refractivity (Wildman–Crippen MR) is 107 cm³/mol.